The molecule has 0 aliphatic rings. The van der Waals surface area contributed by atoms with E-state index in [1.807, 2.05) is 6.92 Å². The molecule has 35 heavy (non-hydrogen) atoms. The maximum Gasteiger partial charge on any atom is 0.333 e. The van der Waals surface area contributed by atoms with Gasteiger partial charge in [0.05, 0.1) is 6.10 Å². The predicted octanol–water partition coefficient (Wildman–Crippen LogP) is 11.7. The van der Waals surface area contributed by atoms with Crippen LogP contribution >= 0.6 is 0 Å². The molecule has 0 aliphatic heterocycles. The van der Waals surface area contributed by atoms with Gasteiger partial charge in [0.2, 0.25) is 0 Å². The van der Waals surface area contributed by atoms with Crippen molar-refractivity contribution in [1.82, 2.24) is 0 Å². The third kappa shape index (κ3) is 27.6. The SMILES string of the molecule is C=C(C)C(=O)OC(C)CCCCCCCCCCCCCCCCCCCCCCCCCCC. The number of rotatable bonds is 28. The molecule has 208 valence electrons. The first-order valence-corrected chi connectivity index (χ1v) is 15.9. The van der Waals surface area contributed by atoms with Gasteiger partial charge in [-0.1, -0.05) is 168 Å². The molecule has 0 bridgehead atoms. The van der Waals surface area contributed by atoms with Crippen LogP contribution in [0.1, 0.15) is 188 Å². The van der Waals surface area contributed by atoms with Crippen LogP contribution in [-0.2, 0) is 9.53 Å². The number of unbranched alkanes of at least 4 members (excludes halogenated alkanes) is 24. The second kappa shape index (κ2) is 27.8. The highest BCUT2D eigenvalue weighted by molar-refractivity contribution is 5.87. The van der Waals surface area contributed by atoms with Gasteiger partial charge < -0.3 is 4.74 Å². The van der Waals surface area contributed by atoms with Crippen LogP contribution in [0.5, 0.6) is 0 Å². The molecule has 0 N–H and O–H groups in total. The Morgan fingerprint density at radius 3 is 1.06 bits per heavy atom. The second-order valence-corrected chi connectivity index (χ2v) is 11.3. The molecule has 1 unspecified atom stereocenters. The lowest BCUT2D eigenvalue weighted by Gasteiger charge is -2.12. The third-order valence-electron chi connectivity index (χ3n) is 7.37. The lowest BCUT2D eigenvalue weighted by atomic mass is 10.0. The molecule has 0 fully saturated rings. The van der Waals surface area contributed by atoms with Gasteiger partial charge in [-0.25, -0.2) is 4.79 Å². The second-order valence-electron chi connectivity index (χ2n) is 11.3. The number of hydrogen-bond acceptors (Lipinski definition) is 2. The van der Waals surface area contributed by atoms with Crippen molar-refractivity contribution in [3.8, 4) is 0 Å². The zero-order valence-corrected chi connectivity index (χ0v) is 24.5. The van der Waals surface area contributed by atoms with Crippen LogP contribution in [0, 0.1) is 0 Å². The van der Waals surface area contributed by atoms with Crippen LogP contribution in [0.15, 0.2) is 12.2 Å². The minimum atomic E-state index is -0.253. The minimum absolute atomic E-state index is 0.0174. The van der Waals surface area contributed by atoms with Crippen LogP contribution < -0.4 is 0 Å². The number of carbonyl (C=O) groups is 1. The number of hydrogen-bond donors (Lipinski definition) is 0. The lowest BCUT2D eigenvalue weighted by Crippen LogP contribution is -2.15. The molecule has 0 aromatic rings. The summed E-state index contributed by atoms with van der Waals surface area (Å²) in [6.07, 6.45) is 36.5. The highest BCUT2D eigenvalue weighted by atomic mass is 16.5. The molecule has 1 atom stereocenters. The quantitative estimate of drug-likeness (QED) is 0.0616. The number of ether oxygens (including phenoxy) is 1. The Bertz CT molecular complexity index is 456. The summed E-state index contributed by atoms with van der Waals surface area (Å²) in [7, 11) is 0. The Labute approximate surface area is 221 Å². The van der Waals surface area contributed by atoms with Gasteiger partial charge in [0.1, 0.15) is 0 Å². The highest BCUT2D eigenvalue weighted by Crippen LogP contribution is 2.16. The van der Waals surface area contributed by atoms with Crippen LogP contribution in [0.3, 0.4) is 0 Å². The van der Waals surface area contributed by atoms with Gasteiger partial charge in [-0.2, -0.15) is 0 Å². The summed E-state index contributed by atoms with van der Waals surface area (Å²) in [5.74, 6) is -0.253. The largest absolute Gasteiger partial charge is 0.459 e. The summed E-state index contributed by atoms with van der Waals surface area (Å²) < 4.78 is 5.33. The number of carbonyl (C=O) groups excluding carboxylic acids is 1. The predicted molar refractivity (Wildman–Crippen MR) is 156 cm³/mol. The Morgan fingerprint density at radius 1 is 0.543 bits per heavy atom. The maximum atomic E-state index is 11.5. The third-order valence-corrected chi connectivity index (χ3v) is 7.37. The Hall–Kier alpha value is -0.790. The fraction of sp³-hybridized carbons (Fsp3) is 0.909. The molecule has 2 heteroatoms. The van der Waals surface area contributed by atoms with E-state index >= 15 is 0 Å². The summed E-state index contributed by atoms with van der Waals surface area (Å²) in [5, 5.41) is 0. The fourth-order valence-electron chi connectivity index (χ4n) is 4.91. The van der Waals surface area contributed by atoms with Crippen LogP contribution in [0.2, 0.25) is 0 Å². The van der Waals surface area contributed by atoms with E-state index in [2.05, 4.69) is 13.5 Å². The van der Waals surface area contributed by atoms with E-state index in [9.17, 15) is 4.79 Å². The van der Waals surface area contributed by atoms with Crippen molar-refractivity contribution >= 4 is 5.97 Å². The molecule has 0 heterocycles. The lowest BCUT2D eigenvalue weighted by molar-refractivity contribution is -0.143. The number of esters is 1. The first kappa shape index (κ1) is 34.2. The van der Waals surface area contributed by atoms with Gasteiger partial charge in [-0.3, -0.25) is 0 Å². The van der Waals surface area contributed by atoms with E-state index in [-0.39, 0.29) is 12.1 Å². The minimum Gasteiger partial charge on any atom is -0.459 e. The van der Waals surface area contributed by atoms with Crippen molar-refractivity contribution < 1.29 is 9.53 Å². The van der Waals surface area contributed by atoms with Crippen molar-refractivity contribution in [1.29, 1.82) is 0 Å². The molecular formula is C33H64O2. The highest BCUT2D eigenvalue weighted by Gasteiger charge is 2.09. The van der Waals surface area contributed by atoms with Gasteiger partial charge >= 0.3 is 5.97 Å². The molecule has 0 aliphatic carbocycles. The monoisotopic (exact) mass is 492 g/mol. The molecule has 0 amide bonds. The van der Waals surface area contributed by atoms with Crippen molar-refractivity contribution in [2.45, 2.75) is 194 Å². The Kier molecular flexibility index (Phi) is 27.2. The molecule has 2 nitrogen and oxygen atoms in total. The molecule has 0 aromatic carbocycles. The topological polar surface area (TPSA) is 26.3 Å². The summed E-state index contributed by atoms with van der Waals surface area (Å²) in [4.78, 5) is 11.5. The van der Waals surface area contributed by atoms with Gasteiger partial charge in [-0.05, 0) is 26.7 Å². The Balaban J connectivity index is 3.12. The average Bonchev–Trinajstić information content (AvgIpc) is 2.84. The van der Waals surface area contributed by atoms with E-state index in [0.717, 1.165) is 12.8 Å². The summed E-state index contributed by atoms with van der Waals surface area (Å²) in [6, 6.07) is 0. The standard InChI is InChI=1S/C33H64O2/c1-5-6-7-8-9-10-11-12-13-14-15-16-17-18-19-20-21-22-23-24-25-26-27-28-29-30-32(4)35-33(34)31(2)3/h32H,2,5-30H2,1,3-4H3. The van der Waals surface area contributed by atoms with Crippen molar-refractivity contribution in [2.75, 3.05) is 0 Å². The summed E-state index contributed by atoms with van der Waals surface area (Å²) in [6.45, 7) is 9.62. The van der Waals surface area contributed by atoms with E-state index in [1.54, 1.807) is 6.92 Å². The molecule has 0 saturated heterocycles. The zero-order valence-electron chi connectivity index (χ0n) is 24.5. The molecular weight excluding hydrogens is 428 g/mol. The summed E-state index contributed by atoms with van der Waals surface area (Å²) in [5.41, 5.74) is 0.492. The molecule has 0 spiro atoms. The summed E-state index contributed by atoms with van der Waals surface area (Å²) >= 11 is 0. The van der Waals surface area contributed by atoms with Gasteiger partial charge in [0, 0.05) is 5.57 Å². The molecule has 0 rings (SSSR count). The molecule has 0 radical (unpaired) electrons. The normalized spacial score (nSPS) is 12.1. The van der Waals surface area contributed by atoms with Gasteiger partial charge in [-0.15, -0.1) is 0 Å². The van der Waals surface area contributed by atoms with Crippen molar-refractivity contribution in [2.24, 2.45) is 0 Å². The van der Waals surface area contributed by atoms with Crippen LogP contribution in [0.25, 0.3) is 0 Å². The zero-order chi connectivity index (χ0) is 25.8. The average molecular weight is 493 g/mol. The van der Waals surface area contributed by atoms with E-state index < -0.39 is 0 Å². The smallest absolute Gasteiger partial charge is 0.333 e. The first-order valence-electron chi connectivity index (χ1n) is 15.9. The van der Waals surface area contributed by atoms with Crippen LogP contribution in [-0.4, -0.2) is 12.1 Å². The molecule has 0 saturated carbocycles. The fourth-order valence-corrected chi connectivity index (χ4v) is 4.91. The Morgan fingerprint density at radius 2 is 0.800 bits per heavy atom. The van der Waals surface area contributed by atoms with E-state index in [1.165, 1.54) is 154 Å². The first-order chi connectivity index (χ1) is 17.1. The maximum absolute atomic E-state index is 11.5. The van der Waals surface area contributed by atoms with Crippen LogP contribution in [0.4, 0.5) is 0 Å². The van der Waals surface area contributed by atoms with Gasteiger partial charge in [0.15, 0.2) is 0 Å². The van der Waals surface area contributed by atoms with E-state index in [4.69, 9.17) is 4.74 Å². The van der Waals surface area contributed by atoms with Gasteiger partial charge in [0.25, 0.3) is 0 Å². The molecule has 0 aromatic heterocycles. The van der Waals surface area contributed by atoms with E-state index in [0.29, 0.717) is 5.57 Å². The van der Waals surface area contributed by atoms with Crippen molar-refractivity contribution in [3.63, 3.8) is 0 Å². The van der Waals surface area contributed by atoms with Crippen molar-refractivity contribution in [3.05, 3.63) is 12.2 Å².